The summed E-state index contributed by atoms with van der Waals surface area (Å²) in [6, 6.07) is 12.0. The molecule has 0 aliphatic heterocycles. The van der Waals surface area contributed by atoms with Gasteiger partial charge in [0.05, 0.1) is 0 Å². The molecule has 0 bridgehead atoms. The molecular weight excluding hydrogens is 231 g/mol. The molecule has 1 heterocycles. The molecule has 1 aromatic carbocycles. The van der Waals surface area contributed by atoms with E-state index in [9.17, 15) is 4.39 Å². The molecule has 1 aromatic heterocycles. The molecule has 18 heavy (non-hydrogen) atoms. The number of nitrogens with zero attached hydrogens (tertiary/aromatic N) is 2. The van der Waals surface area contributed by atoms with Crippen LogP contribution in [0.3, 0.4) is 0 Å². The summed E-state index contributed by atoms with van der Waals surface area (Å²) in [5, 5.41) is 0. The molecule has 94 valence electrons. The van der Waals surface area contributed by atoms with Crippen molar-refractivity contribution in [2.75, 3.05) is 17.4 Å². The van der Waals surface area contributed by atoms with E-state index in [4.69, 9.17) is 5.84 Å². The highest BCUT2D eigenvalue weighted by molar-refractivity contribution is 5.46. The van der Waals surface area contributed by atoms with Crippen molar-refractivity contribution in [1.82, 2.24) is 4.98 Å². The van der Waals surface area contributed by atoms with Gasteiger partial charge in [-0.1, -0.05) is 18.2 Å². The third kappa shape index (κ3) is 2.95. The number of aromatic nitrogens is 1. The zero-order valence-corrected chi connectivity index (χ0v) is 10.1. The molecular formula is C13H15FN4. The van der Waals surface area contributed by atoms with E-state index in [0.717, 1.165) is 11.4 Å². The van der Waals surface area contributed by atoms with E-state index < -0.39 is 0 Å². The first-order valence-corrected chi connectivity index (χ1v) is 5.58. The van der Waals surface area contributed by atoms with Gasteiger partial charge in [0, 0.05) is 13.6 Å². The van der Waals surface area contributed by atoms with Crippen molar-refractivity contribution in [3.63, 3.8) is 0 Å². The molecule has 3 N–H and O–H groups in total. The predicted octanol–water partition coefficient (Wildman–Crippen LogP) is 2.14. The molecule has 0 amide bonds. The highest BCUT2D eigenvalue weighted by atomic mass is 19.1. The number of pyridine rings is 1. The summed E-state index contributed by atoms with van der Waals surface area (Å²) >= 11 is 0. The van der Waals surface area contributed by atoms with Crippen molar-refractivity contribution in [2.45, 2.75) is 6.54 Å². The molecule has 2 aromatic rings. The van der Waals surface area contributed by atoms with Gasteiger partial charge in [-0.25, -0.2) is 15.2 Å². The first kappa shape index (κ1) is 12.3. The van der Waals surface area contributed by atoms with Gasteiger partial charge in [-0.05, 0) is 29.8 Å². The van der Waals surface area contributed by atoms with Gasteiger partial charge in [0.15, 0.2) is 0 Å². The second kappa shape index (κ2) is 5.46. The van der Waals surface area contributed by atoms with E-state index in [1.807, 2.05) is 24.1 Å². The molecule has 0 saturated carbocycles. The lowest BCUT2D eigenvalue weighted by molar-refractivity contribution is 0.627. The number of halogens is 1. The molecule has 0 spiro atoms. The van der Waals surface area contributed by atoms with E-state index in [1.165, 1.54) is 12.1 Å². The average Bonchev–Trinajstić information content (AvgIpc) is 2.41. The van der Waals surface area contributed by atoms with Crippen LogP contribution in [0.5, 0.6) is 0 Å². The van der Waals surface area contributed by atoms with Gasteiger partial charge in [-0.15, -0.1) is 0 Å². The van der Waals surface area contributed by atoms with Gasteiger partial charge in [0.1, 0.15) is 17.5 Å². The summed E-state index contributed by atoms with van der Waals surface area (Å²) in [5.41, 5.74) is 3.53. The molecule has 0 saturated heterocycles. The Morgan fingerprint density at radius 1 is 1.22 bits per heavy atom. The molecule has 5 heteroatoms. The maximum atomic E-state index is 12.8. The first-order chi connectivity index (χ1) is 8.69. The monoisotopic (exact) mass is 246 g/mol. The number of rotatable bonds is 4. The van der Waals surface area contributed by atoms with Crippen LogP contribution in [0, 0.1) is 5.82 Å². The quantitative estimate of drug-likeness (QED) is 0.641. The molecule has 4 nitrogen and oxygen atoms in total. The van der Waals surface area contributed by atoms with Gasteiger partial charge in [0.25, 0.3) is 0 Å². The summed E-state index contributed by atoms with van der Waals surface area (Å²) in [5.74, 6) is 6.50. The Morgan fingerprint density at radius 3 is 2.61 bits per heavy atom. The zero-order chi connectivity index (χ0) is 13.0. The van der Waals surface area contributed by atoms with Gasteiger partial charge >= 0.3 is 0 Å². The standard InChI is InChI=1S/C13H15FN4/c1-18(9-10-5-7-11(14)8-6-10)13-4-2-3-12(16-13)17-15/h2-8H,9,15H2,1H3,(H,16,17). The Hall–Kier alpha value is -2.14. The molecule has 0 atom stereocenters. The number of nitrogens with one attached hydrogen (secondary N) is 1. The zero-order valence-electron chi connectivity index (χ0n) is 10.1. The van der Waals surface area contributed by atoms with Crippen molar-refractivity contribution >= 4 is 11.6 Å². The van der Waals surface area contributed by atoms with E-state index in [0.29, 0.717) is 12.4 Å². The lowest BCUT2D eigenvalue weighted by atomic mass is 10.2. The second-order valence-corrected chi connectivity index (χ2v) is 4.01. The highest BCUT2D eigenvalue weighted by Gasteiger charge is 2.04. The van der Waals surface area contributed by atoms with Gasteiger partial charge in [0.2, 0.25) is 0 Å². The molecule has 0 aliphatic rings. The largest absolute Gasteiger partial charge is 0.355 e. The summed E-state index contributed by atoms with van der Waals surface area (Å²) in [4.78, 5) is 6.29. The third-order valence-corrected chi connectivity index (χ3v) is 2.61. The van der Waals surface area contributed by atoms with E-state index in [2.05, 4.69) is 10.4 Å². The SMILES string of the molecule is CN(Cc1ccc(F)cc1)c1cccc(NN)n1. The maximum absolute atomic E-state index is 12.8. The number of benzene rings is 1. The second-order valence-electron chi connectivity index (χ2n) is 4.01. The Morgan fingerprint density at radius 2 is 1.94 bits per heavy atom. The van der Waals surface area contributed by atoms with Crippen LogP contribution < -0.4 is 16.2 Å². The van der Waals surface area contributed by atoms with Crippen LogP contribution in [0.25, 0.3) is 0 Å². The smallest absolute Gasteiger partial charge is 0.142 e. The lowest BCUT2D eigenvalue weighted by Gasteiger charge is -2.18. The minimum absolute atomic E-state index is 0.228. The predicted molar refractivity (Wildman–Crippen MR) is 70.6 cm³/mol. The van der Waals surface area contributed by atoms with Crippen molar-refractivity contribution < 1.29 is 4.39 Å². The fourth-order valence-corrected chi connectivity index (χ4v) is 1.66. The highest BCUT2D eigenvalue weighted by Crippen LogP contribution is 2.15. The van der Waals surface area contributed by atoms with Crippen LogP contribution in [0.2, 0.25) is 0 Å². The topological polar surface area (TPSA) is 54.2 Å². The van der Waals surface area contributed by atoms with Crippen LogP contribution in [-0.4, -0.2) is 12.0 Å². The van der Waals surface area contributed by atoms with E-state index >= 15 is 0 Å². The van der Waals surface area contributed by atoms with Crippen molar-refractivity contribution in [1.29, 1.82) is 0 Å². The number of hydrogen-bond donors (Lipinski definition) is 2. The fourth-order valence-electron chi connectivity index (χ4n) is 1.66. The average molecular weight is 246 g/mol. The van der Waals surface area contributed by atoms with Crippen molar-refractivity contribution in [3.8, 4) is 0 Å². The van der Waals surface area contributed by atoms with Gasteiger partial charge < -0.3 is 10.3 Å². The number of nitrogens with two attached hydrogens (primary N) is 1. The molecule has 2 rings (SSSR count). The van der Waals surface area contributed by atoms with Crippen LogP contribution in [0.4, 0.5) is 16.0 Å². The van der Waals surface area contributed by atoms with Crippen LogP contribution >= 0.6 is 0 Å². The number of hydrazine groups is 1. The Kier molecular flexibility index (Phi) is 3.74. The van der Waals surface area contributed by atoms with Gasteiger partial charge in [-0.3, -0.25) is 0 Å². The Bertz CT molecular complexity index is 513. The first-order valence-electron chi connectivity index (χ1n) is 5.58. The Labute approximate surface area is 105 Å². The summed E-state index contributed by atoms with van der Waals surface area (Å²) in [7, 11) is 1.92. The van der Waals surface area contributed by atoms with Crippen molar-refractivity contribution in [2.24, 2.45) is 5.84 Å². The normalized spacial score (nSPS) is 10.2. The minimum Gasteiger partial charge on any atom is -0.355 e. The molecule has 0 aliphatic carbocycles. The van der Waals surface area contributed by atoms with E-state index in [1.54, 1.807) is 18.2 Å². The third-order valence-electron chi connectivity index (χ3n) is 2.61. The Balaban J connectivity index is 2.11. The van der Waals surface area contributed by atoms with Crippen molar-refractivity contribution in [3.05, 3.63) is 53.8 Å². The van der Waals surface area contributed by atoms with Crippen LogP contribution in [-0.2, 0) is 6.54 Å². The summed E-state index contributed by atoms with van der Waals surface area (Å²) in [6.45, 7) is 0.654. The van der Waals surface area contributed by atoms with E-state index in [-0.39, 0.29) is 5.82 Å². The number of nitrogen functional groups attached to an aromatic ring is 1. The van der Waals surface area contributed by atoms with Crippen LogP contribution in [0.1, 0.15) is 5.56 Å². The molecule has 0 unspecified atom stereocenters. The summed E-state index contributed by atoms with van der Waals surface area (Å²) in [6.07, 6.45) is 0. The molecule has 0 radical (unpaired) electrons. The van der Waals surface area contributed by atoms with Gasteiger partial charge in [-0.2, -0.15) is 0 Å². The number of hydrogen-bond acceptors (Lipinski definition) is 4. The fraction of sp³-hybridized carbons (Fsp3) is 0.154. The lowest BCUT2D eigenvalue weighted by Crippen LogP contribution is -2.18. The maximum Gasteiger partial charge on any atom is 0.142 e. The summed E-state index contributed by atoms with van der Waals surface area (Å²) < 4.78 is 12.8. The minimum atomic E-state index is -0.228. The number of anilines is 2. The molecule has 0 fully saturated rings. The van der Waals surface area contributed by atoms with Crippen LogP contribution in [0.15, 0.2) is 42.5 Å².